The fourth-order valence-corrected chi connectivity index (χ4v) is 4.38. The number of nitrogens with zero attached hydrogens (tertiary/aromatic N) is 1. The summed E-state index contributed by atoms with van der Waals surface area (Å²) in [6.07, 6.45) is 6.85. The Labute approximate surface area is 116 Å². The van der Waals surface area contributed by atoms with E-state index in [9.17, 15) is 0 Å². The first kappa shape index (κ1) is 11.9. The highest BCUT2D eigenvalue weighted by atomic mass is 15.2. The largest absolute Gasteiger partial charge is 0.310 e. The fourth-order valence-electron chi connectivity index (χ4n) is 4.38. The van der Waals surface area contributed by atoms with Gasteiger partial charge in [0.2, 0.25) is 0 Å². The quantitative estimate of drug-likeness (QED) is 0.875. The zero-order chi connectivity index (χ0) is 12.7. The van der Waals surface area contributed by atoms with E-state index < -0.39 is 0 Å². The maximum absolute atomic E-state index is 3.75. The van der Waals surface area contributed by atoms with E-state index in [1.54, 1.807) is 11.1 Å². The first-order valence-electron chi connectivity index (χ1n) is 7.95. The van der Waals surface area contributed by atoms with Gasteiger partial charge in [-0.25, -0.2) is 0 Å². The molecular weight excluding hydrogens is 232 g/mol. The van der Waals surface area contributed by atoms with Crippen molar-refractivity contribution in [3.05, 3.63) is 35.4 Å². The Morgan fingerprint density at radius 3 is 3.11 bits per heavy atom. The molecule has 1 aromatic carbocycles. The Morgan fingerprint density at radius 2 is 2.11 bits per heavy atom. The van der Waals surface area contributed by atoms with E-state index in [4.69, 9.17) is 0 Å². The summed E-state index contributed by atoms with van der Waals surface area (Å²) in [7, 11) is 0. The lowest BCUT2D eigenvalue weighted by Crippen LogP contribution is -2.41. The van der Waals surface area contributed by atoms with Crippen LogP contribution in [0.1, 0.15) is 42.9 Å². The highest BCUT2D eigenvalue weighted by molar-refractivity contribution is 5.32. The summed E-state index contributed by atoms with van der Waals surface area (Å²) < 4.78 is 0. The second kappa shape index (κ2) is 4.92. The molecule has 0 radical (unpaired) electrons. The maximum Gasteiger partial charge on any atom is 0.0337 e. The van der Waals surface area contributed by atoms with Gasteiger partial charge in [0.25, 0.3) is 0 Å². The van der Waals surface area contributed by atoms with Crippen molar-refractivity contribution in [1.82, 2.24) is 10.2 Å². The standard InChI is InChI=1S/C17H24N2/c1-2-4-16-14(3-1)7-9-18-17(16)11-15-6-5-13-8-10-19(15)12-13/h1-4,13,15,17-18H,5-12H2. The molecule has 0 amide bonds. The molecule has 19 heavy (non-hydrogen) atoms. The van der Waals surface area contributed by atoms with Crippen molar-refractivity contribution >= 4 is 0 Å². The molecule has 2 nitrogen and oxygen atoms in total. The van der Waals surface area contributed by atoms with E-state index in [1.807, 2.05) is 0 Å². The third kappa shape index (κ3) is 2.21. The Hall–Kier alpha value is -0.860. The van der Waals surface area contributed by atoms with Crippen LogP contribution in [-0.4, -0.2) is 30.6 Å². The predicted octanol–water partition coefficient (Wildman–Crippen LogP) is 2.75. The monoisotopic (exact) mass is 256 g/mol. The number of nitrogens with one attached hydrogen (secondary N) is 1. The van der Waals surface area contributed by atoms with Crippen LogP contribution in [0.25, 0.3) is 0 Å². The molecule has 102 valence electrons. The minimum Gasteiger partial charge on any atom is -0.310 e. The second-order valence-electron chi connectivity index (χ2n) is 6.57. The first-order valence-corrected chi connectivity index (χ1v) is 7.95. The molecule has 0 aliphatic carbocycles. The number of hydrogen-bond donors (Lipinski definition) is 1. The Bertz CT molecular complexity index is 456. The third-order valence-corrected chi connectivity index (χ3v) is 5.47. The lowest BCUT2D eigenvalue weighted by Gasteiger charge is -2.36. The smallest absolute Gasteiger partial charge is 0.0337 e. The maximum atomic E-state index is 3.75. The van der Waals surface area contributed by atoms with E-state index in [0.717, 1.165) is 18.5 Å². The van der Waals surface area contributed by atoms with Crippen LogP contribution in [-0.2, 0) is 6.42 Å². The van der Waals surface area contributed by atoms with Crippen LogP contribution in [0.3, 0.4) is 0 Å². The van der Waals surface area contributed by atoms with Gasteiger partial charge in [0.1, 0.15) is 0 Å². The number of benzene rings is 1. The predicted molar refractivity (Wildman–Crippen MR) is 78.2 cm³/mol. The molecule has 2 heteroatoms. The Kier molecular flexibility index (Phi) is 3.08. The molecule has 4 rings (SSSR count). The van der Waals surface area contributed by atoms with Gasteiger partial charge in [0.15, 0.2) is 0 Å². The summed E-state index contributed by atoms with van der Waals surface area (Å²) in [5.41, 5.74) is 3.14. The van der Waals surface area contributed by atoms with Crippen molar-refractivity contribution < 1.29 is 0 Å². The zero-order valence-corrected chi connectivity index (χ0v) is 11.6. The van der Waals surface area contributed by atoms with Gasteiger partial charge in [-0.15, -0.1) is 0 Å². The summed E-state index contributed by atoms with van der Waals surface area (Å²) in [4.78, 5) is 2.76. The molecule has 4 atom stereocenters. The van der Waals surface area contributed by atoms with Gasteiger partial charge in [0.05, 0.1) is 0 Å². The van der Waals surface area contributed by atoms with Crippen LogP contribution in [0.5, 0.6) is 0 Å². The summed E-state index contributed by atoms with van der Waals surface area (Å²) in [6, 6.07) is 10.4. The SMILES string of the molecule is c1ccc2c(c1)CCNC2CC1CCC2CCN1C2. The van der Waals surface area contributed by atoms with Crippen LogP contribution >= 0.6 is 0 Å². The van der Waals surface area contributed by atoms with Gasteiger partial charge < -0.3 is 10.2 Å². The van der Waals surface area contributed by atoms with Gasteiger partial charge >= 0.3 is 0 Å². The first-order chi connectivity index (χ1) is 9.40. The van der Waals surface area contributed by atoms with Crippen molar-refractivity contribution in [1.29, 1.82) is 0 Å². The summed E-state index contributed by atoms with van der Waals surface area (Å²) in [5.74, 6) is 1.02. The molecule has 3 aliphatic rings. The number of rotatable bonds is 2. The average molecular weight is 256 g/mol. The molecule has 3 heterocycles. The van der Waals surface area contributed by atoms with Crippen molar-refractivity contribution in [3.8, 4) is 0 Å². The number of hydrogen-bond acceptors (Lipinski definition) is 2. The molecule has 4 unspecified atom stereocenters. The van der Waals surface area contributed by atoms with Crippen LogP contribution < -0.4 is 5.32 Å². The summed E-state index contributed by atoms with van der Waals surface area (Å²) >= 11 is 0. The third-order valence-electron chi connectivity index (χ3n) is 5.47. The van der Waals surface area contributed by atoms with Crippen molar-refractivity contribution in [2.45, 2.75) is 44.2 Å². The lowest BCUT2D eigenvalue weighted by atomic mass is 9.87. The molecule has 2 bridgehead atoms. The number of fused-ring (bicyclic) bond motifs is 3. The van der Waals surface area contributed by atoms with Gasteiger partial charge in [-0.05, 0) is 62.2 Å². The average Bonchev–Trinajstić information content (AvgIpc) is 2.85. The fraction of sp³-hybridized carbons (Fsp3) is 0.647. The van der Waals surface area contributed by atoms with E-state index in [-0.39, 0.29) is 0 Å². The highest BCUT2D eigenvalue weighted by Crippen LogP contribution is 2.36. The van der Waals surface area contributed by atoms with E-state index >= 15 is 0 Å². The Morgan fingerprint density at radius 1 is 1.16 bits per heavy atom. The summed E-state index contributed by atoms with van der Waals surface area (Å²) in [6.45, 7) is 3.87. The Balaban J connectivity index is 1.51. The molecule has 3 aliphatic heterocycles. The molecule has 0 aromatic heterocycles. The van der Waals surface area contributed by atoms with Crippen molar-refractivity contribution in [2.75, 3.05) is 19.6 Å². The number of piperidine rings is 1. The van der Waals surface area contributed by atoms with Gasteiger partial charge in [-0.2, -0.15) is 0 Å². The van der Waals surface area contributed by atoms with Gasteiger partial charge in [-0.1, -0.05) is 24.3 Å². The summed E-state index contributed by atoms with van der Waals surface area (Å²) in [5, 5.41) is 3.75. The van der Waals surface area contributed by atoms with Crippen molar-refractivity contribution in [2.24, 2.45) is 5.92 Å². The lowest BCUT2D eigenvalue weighted by molar-refractivity contribution is 0.158. The second-order valence-corrected chi connectivity index (χ2v) is 6.57. The van der Waals surface area contributed by atoms with Crippen molar-refractivity contribution in [3.63, 3.8) is 0 Å². The van der Waals surface area contributed by atoms with E-state index in [1.165, 1.54) is 45.2 Å². The van der Waals surface area contributed by atoms with Crippen LogP contribution in [0.15, 0.2) is 24.3 Å². The topological polar surface area (TPSA) is 15.3 Å². The van der Waals surface area contributed by atoms with E-state index in [0.29, 0.717) is 6.04 Å². The van der Waals surface area contributed by atoms with Gasteiger partial charge in [0, 0.05) is 18.6 Å². The molecule has 2 saturated heterocycles. The van der Waals surface area contributed by atoms with Crippen LogP contribution in [0, 0.1) is 5.92 Å². The van der Waals surface area contributed by atoms with E-state index in [2.05, 4.69) is 34.5 Å². The minimum absolute atomic E-state index is 0.590. The zero-order valence-electron chi connectivity index (χ0n) is 11.6. The molecule has 2 fully saturated rings. The molecule has 1 N–H and O–H groups in total. The molecule has 0 saturated carbocycles. The highest BCUT2D eigenvalue weighted by Gasteiger charge is 2.35. The molecular formula is C17H24N2. The molecule has 1 aromatic rings. The van der Waals surface area contributed by atoms with Crippen LogP contribution in [0.2, 0.25) is 0 Å². The normalized spacial score (nSPS) is 37.1. The van der Waals surface area contributed by atoms with Gasteiger partial charge in [-0.3, -0.25) is 0 Å². The molecule has 0 spiro atoms. The van der Waals surface area contributed by atoms with Crippen LogP contribution in [0.4, 0.5) is 0 Å². The minimum atomic E-state index is 0.590.